The maximum atomic E-state index is 12.6. The predicted molar refractivity (Wildman–Crippen MR) is 63.7 cm³/mol. The van der Waals surface area contributed by atoms with Crippen LogP contribution in [-0.2, 0) is 12.7 Å². The highest BCUT2D eigenvalue weighted by Gasteiger charge is 2.31. The molecule has 1 heterocycles. The van der Waals surface area contributed by atoms with Crippen LogP contribution in [0.25, 0.3) is 0 Å². The molecule has 0 saturated carbocycles. The van der Waals surface area contributed by atoms with Crippen molar-refractivity contribution in [3.05, 3.63) is 33.8 Å². The summed E-state index contributed by atoms with van der Waals surface area (Å²) < 4.78 is 38.4. The third-order valence-corrected chi connectivity index (χ3v) is 3.35. The van der Waals surface area contributed by atoms with E-state index in [9.17, 15) is 13.2 Å². The SMILES string of the molecule is FC(F)(F)c1cc(Br)cc(CN2CCCC2)c1. The third kappa shape index (κ3) is 3.45. The van der Waals surface area contributed by atoms with E-state index in [1.165, 1.54) is 6.07 Å². The largest absolute Gasteiger partial charge is 0.416 e. The van der Waals surface area contributed by atoms with Crippen LogP contribution >= 0.6 is 15.9 Å². The maximum absolute atomic E-state index is 12.6. The summed E-state index contributed by atoms with van der Waals surface area (Å²) >= 11 is 3.14. The molecule has 0 radical (unpaired) electrons. The Hall–Kier alpha value is -0.550. The molecule has 0 bridgehead atoms. The molecule has 5 heteroatoms. The number of benzene rings is 1. The van der Waals surface area contributed by atoms with Crippen LogP contribution in [0.3, 0.4) is 0 Å². The quantitative estimate of drug-likeness (QED) is 0.796. The van der Waals surface area contributed by atoms with E-state index in [-0.39, 0.29) is 0 Å². The molecule has 0 amide bonds. The predicted octanol–water partition coefficient (Wildman–Crippen LogP) is 4.06. The van der Waals surface area contributed by atoms with E-state index in [1.807, 2.05) is 0 Å². The van der Waals surface area contributed by atoms with E-state index in [0.717, 1.165) is 32.0 Å². The molecule has 1 nitrogen and oxygen atoms in total. The van der Waals surface area contributed by atoms with Gasteiger partial charge in [0, 0.05) is 11.0 Å². The second-order valence-electron chi connectivity index (χ2n) is 4.33. The average Bonchev–Trinajstić information content (AvgIpc) is 2.68. The summed E-state index contributed by atoms with van der Waals surface area (Å²) in [6.07, 6.45) is -2.00. The number of hydrogen-bond acceptors (Lipinski definition) is 1. The van der Waals surface area contributed by atoms with E-state index in [4.69, 9.17) is 0 Å². The second-order valence-corrected chi connectivity index (χ2v) is 5.24. The number of rotatable bonds is 2. The number of alkyl halides is 3. The molecule has 1 aromatic carbocycles. The van der Waals surface area contributed by atoms with Crippen LogP contribution in [0.5, 0.6) is 0 Å². The second kappa shape index (κ2) is 4.98. The zero-order chi connectivity index (χ0) is 12.5. The molecule has 0 aromatic heterocycles. The molecule has 0 spiro atoms. The molecule has 0 unspecified atom stereocenters. The van der Waals surface area contributed by atoms with E-state index in [2.05, 4.69) is 20.8 Å². The van der Waals surface area contributed by atoms with Crippen molar-refractivity contribution < 1.29 is 13.2 Å². The Morgan fingerprint density at radius 3 is 2.35 bits per heavy atom. The highest BCUT2D eigenvalue weighted by atomic mass is 79.9. The summed E-state index contributed by atoms with van der Waals surface area (Å²) in [6.45, 7) is 2.56. The van der Waals surface area contributed by atoms with Gasteiger partial charge in [-0.15, -0.1) is 0 Å². The lowest BCUT2D eigenvalue weighted by Gasteiger charge is -2.16. The fourth-order valence-electron chi connectivity index (χ4n) is 2.10. The lowest BCUT2D eigenvalue weighted by molar-refractivity contribution is -0.137. The van der Waals surface area contributed by atoms with Gasteiger partial charge in [0.2, 0.25) is 0 Å². The topological polar surface area (TPSA) is 3.24 Å². The van der Waals surface area contributed by atoms with Crippen LogP contribution in [0.2, 0.25) is 0 Å². The number of hydrogen-bond donors (Lipinski definition) is 0. The molecule has 0 aliphatic carbocycles. The van der Waals surface area contributed by atoms with Crippen LogP contribution < -0.4 is 0 Å². The summed E-state index contributed by atoms with van der Waals surface area (Å²) in [7, 11) is 0. The van der Waals surface area contributed by atoms with Crippen LogP contribution in [0.1, 0.15) is 24.0 Å². The Balaban J connectivity index is 2.19. The van der Waals surface area contributed by atoms with Crippen molar-refractivity contribution in [1.29, 1.82) is 0 Å². The minimum atomic E-state index is -4.27. The highest BCUT2D eigenvalue weighted by molar-refractivity contribution is 9.10. The van der Waals surface area contributed by atoms with Crippen molar-refractivity contribution >= 4 is 15.9 Å². The summed E-state index contributed by atoms with van der Waals surface area (Å²) in [5, 5.41) is 0. The molecule has 1 aromatic rings. The molecule has 94 valence electrons. The summed E-state index contributed by atoms with van der Waals surface area (Å²) in [4.78, 5) is 2.18. The lowest BCUT2D eigenvalue weighted by atomic mass is 10.1. The normalized spacial score (nSPS) is 17.6. The minimum Gasteiger partial charge on any atom is -0.299 e. The first-order chi connectivity index (χ1) is 7.95. The molecule has 2 rings (SSSR count). The Morgan fingerprint density at radius 2 is 1.76 bits per heavy atom. The van der Waals surface area contributed by atoms with Gasteiger partial charge in [0.05, 0.1) is 5.56 Å². The van der Waals surface area contributed by atoms with Gasteiger partial charge in [-0.05, 0) is 49.7 Å². The minimum absolute atomic E-state index is 0.488. The molecule has 1 aliphatic heterocycles. The van der Waals surface area contributed by atoms with Gasteiger partial charge in [-0.1, -0.05) is 15.9 Å². The number of nitrogens with zero attached hydrogens (tertiary/aromatic N) is 1. The Kier molecular flexibility index (Phi) is 3.78. The van der Waals surface area contributed by atoms with Crippen LogP contribution in [0.4, 0.5) is 13.2 Å². The molecular formula is C12H13BrF3N. The van der Waals surface area contributed by atoms with E-state index in [1.54, 1.807) is 6.07 Å². The van der Waals surface area contributed by atoms with Gasteiger partial charge in [-0.2, -0.15) is 13.2 Å². The maximum Gasteiger partial charge on any atom is 0.416 e. The molecule has 1 saturated heterocycles. The van der Waals surface area contributed by atoms with Gasteiger partial charge in [-0.25, -0.2) is 0 Å². The fraction of sp³-hybridized carbons (Fsp3) is 0.500. The van der Waals surface area contributed by atoms with Crippen molar-refractivity contribution in [1.82, 2.24) is 4.90 Å². The first kappa shape index (κ1) is 12.9. The molecule has 17 heavy (non-hydrogen) atoms. The summed E-state index contributed by atoms with van der Waals surface area (Å²) in [5.74, 6) is 0. The van der Waals surface area contributed by atoms with Crippen molar-refractivity contribution in [2.75, 3.05) is 13.1 Å². The van der Waals surface area contributed by atoms with Crippen LogP contribution in [0, 0.1) is 0 Å². The molecule has 0 atom stereocenters. The molecular weight excluding hydrogens is 295 g/mol. The van der Waals surface area contributed by atoms with Crippen molar-refractivity contribution in [3.8, 4) is 0 Å². The van der Waals surface area contributed by atoms with Crippen molar-refractivity contribution in [3.63, 3.8) is 0 Å². The van der Waals surface area contributed by atoms with Gasteiger partial charge in [0.25, 0.3) is 0 Å². The summed E-state index contributed by atoms with van der Waals surface area (Å²) in [5.41, 5.74) is 0.134. The van der Waals surface area contributed by atoms with E-state index < -0.39 is 11.7 Å². The first-order valence-electron chi connectivity index (χ1n) is 5.54. The van der Waals surface area contributed by atoms with Gasteiger partial charge in [0.15, 0.2) is 0 Å². The standard InChI is InChI=1S/C12H13BrF3N/c13-11-6-9(8-17-3-1-2-4-17)5-10(7-11)12(14,15)16/h5-7H,1-4,8H2. The van der Waals surface area contributed by atoms with Gasteiger partial charge in [0.1, 0.15) is 0 Å². The Labute approximate surface area is 107 Å². The number of halogens is 4. The smallest absolute Gasteiger partial charge is 0.299 e. The zero-order valence-electron chi connectivity index (χ0n) is 9.23. The van der Waals surface area contributed by atoms with Gasteiger partial charge in [-0.3, -0.25) is 4.90 Å². The third-order valence-electron chi connectivity index (χ3n) is 2.89. The van der Waals surface area contributed by atoms with Crippen LogP contribution in [0.15, 0.2) is 22.7 Å². The van der Waals surface area contributed by atoms with Crippen molar-refractivity contribution in [2.45, 2.75) is 25.6 Å². The molecule has 1 aliphatic rings. The first-order valence-corrected chi connectivity index (χ1v) is 6.33. The van der Waals surface area contributed by atoms with E-state index >= 15 is 0 Å². The Bertz CT molecular complexity index is 397. The number of likely N-dealkylation sites (tertiary alicyclic amines) is 1. The lowest BCUT2D eigenvalue weighted by Crippen LogP contribution is -2.18. The van der Waals surface area contributed by atoms with Gasteiger partial charge < -0.3 is 0 Å². The molecule has 1 fully saturated rings. The Morgan fingerprint density at radius 1 is 1.12 bits per heavy atom. The fourth-order valence-corrected chi connectivity index (χ4v) is 2.64. The van der Waals surface area contributed by atoms with E-state index in [0.29, 0.717) is 16.6 Å². The monoisotopic (exact) mass is 307 g/mol. The zero-order valence-corrected chi connectivity index (χ0v) is 10.8. The summed E-state index contributed by atoms with van der Waals surface area (Å²) in [6, 6.07) is 4.12. The van der Waals surface area contributed by atoms with Crippen molar-refractivity contribution in [2.24, 2.45) is 0 Å². The highest BCUT2D eigenvalue weighted by Crippen LogP contribution is 2.32. The van der Waals surface area contributed by atoms with Gasteiger partial charge >= 0.3 is 6.18 Å². The molecule has 0 N–H and O–H groups in total. The van der Waals surface area contributed by atoms with Crippen LogP contribution in [-0.4, -0.2) is 18.0 Å². The average molecular weight is 308 g/mol.